The van der Waals surface area contributed by atoms with Gasteiger partial charge < -0.3 is 14.2 Å². The highest BCUT2D eigenvalue weighted by molar-refractivity contribution is 6.76. The quantitative estimate of drug-likeness (QED) is 0.0885. The number of nitrogens with one attached hydrogen (secondary N) is 1. The van der Waals surface area contributed by atoms with Crippen molar-refractivity contribution in [1.29, 1.82) is 0 Å². The van der Waals surface area contributed by atoms with E-state index < -0.39 is 20.3 Å². The van der Waals surface area contributed by atoms with Crippen molar-refractivity contribution in [1.82, 2.24) is 9.78 Å². The summed E-state index contributed by atoms with van der Waals surface area (Å²) in [5.74, 6) is -0.239. The zero-order valence-electron chi connectivity index (χ0n) is 26.9. The summed E-state index contributed by atoms with van der Waals surface area (Å²) >= 11 is 6.33. The van der Waals surface area contributed by atoms with Crippen molar-refractivity contribution < 1.29 is 23.8 Å². The maximum absolute atomic E-state index is 13.1. The number of ether oxygens (including phenoxy) is 3. The molecule has 10 heteroatoms. The van der Waals surface area contributed by atoms with Crippen LogP contribution in [-0.4, -0.2) is 43.1 Å². The second-order valence-electron chi connectivity index (χ2n) is 12.1. The van der Waals surface area contributed by atoms with Gasteiger partial charge in [0.1, 0.15) is 18.5 Å². The summed E-state index contributed by atoms with van der Waals surface area (Å²) in [6.45, 7) is 13.7. The number of anilines is 1. The normalized spacial score (nSPS) is 12.1. The number of aromatic nitrogens is 2. The number of halogens is 1. The number of nitrogens with zero attached hydrogens (tertiary/aromatic N) is 2. The minimum Gasteiger partial charge on any atom is -0.466 e. The summed E-state index contributed by atoms with van der Waals surface area (Å²) in [5, 5.41) is 8.31. The van der Waals surface area contributed by atoms with Crippen LogP contribution in [0, 0.1) is 6.92 Å². The molecule has 4 rings (SSSR count). The second kappa shape index (κ2) is 15.4. The van der Waals surface area contributed by atoms with Crippen molar-refractivity contribution in [2.45, 2.75) is 65.7 Å². The minimum atomic E-state index is -1.24. The van der Waals surface area contributed by atoms with Gasteiger partial charge in [-0.15, -0.1) is 0 Å². The summed E-state index contributed by atoms with van der Waals surface area (Å²) in [6, 6.07) is 24.2. The highest BCUT2D eigenvalue weighted by Gasteiger charge is 2.22. The van der Waals surface area contributed by atoms with Gasteiger partial charge in [-0.05, 0) is 49.6 Å². The van der Waals surface area contributed by atoms with Gasteiger partial charge in [0.25, 0.3) is 0 Å². The Balaban J connectivity index is 1.55. The van der Waals surface area contributed by atoms with E-state index >= 15 is 0 Å². The Morgan fingerprint density at radius 3 is 2.20 bits per heavy atom. The standard InChI is InChI=1S/C35H42ClN3O5Si/c1-7-43-32(40)22-26-12-14-27(15-13-26)28-16-18-29(19-17-28)34-33(24(2)39(38-34)23-42-20-21-45(4,5)6)37-35(41)44-25(3)30-10-8-9-11-31(30)36/h8-19,25H,7,20-23H2,1-6H3,(H,37,41)/t25-/m1/s1. The molecule has 1 atom stereocenters. The average molecular weight is 648 g/mol. The van der Waals surface area contributed by atoms with E-state index in [-0.39, 0.29) is 19.1 Å². The van der Waals surface area contributed by atoms with E-state index in [9.17, 15) is 9.59 Å². The van der Waals surface area contributed by atoms with Gasteiger partial charge in [0.2, 0.25) is 0 Å². The largest absolute Gasteiger partial charge is 0.466 e. The first-order valence-electron chi connectivity index (χ1n) is 15.2. The zero-order valence-corrected chi connectivity index (χ0v) is 28.6. The Morgan fingerprint density at radius 1 is 0.956 bits per heavy atom. The molecular formula is C35H42ClN3O5Si. The fraction of sp³-hybridized carbons (Fsp3) is 0.343. The number of benzene rings is 3. The van der Waals surface area contributed by atoms with Crippen LogP contribution in [0.15, 0.2) is 72.8 Å². The van der Waals surface area contributed by atoms with Gasteiger partial charge in [0.05, 0.1) is 24.4 Å². The lowest BCUT2D eigenvalue weighted by Gasteiger charge is -2.16. The number of esters is 1. The number of rotatable bonds is 13. The summed E-state index contributed by atoms with van der Waals surface area (Å²) < 4.78 is 18.5. The van der Waals surface area contributed by atoms with Crippen molar-refractivity contribution in [3.63, 3.8) is 0 Å². The molecule has 0 saturated heterocycles. The Bertz CT molecular complexity index is 1600. The van der Waals surface area contributed by atoms with E-state index in [1.165, 1.54) is 0 Å². The van der Waals surface area contributed by atoms with E-state index in [0.29, 0.717) is 29.6 Å². The van der Waals surface area contributed by atoms with Gasteiger partial charge >= 0.3 is 12.1 Å². The SMILES string of the molecule is CCOC(=O)Cc1ccc(-c2ccc(-c3nn(COCC[Si](C)(C)C)c(C)c3NC(=O)O[C@H](C)c3ccccc3Cl)cc2)cc1. The maximum atomic E-state index is 13.1. The van der Waals surface area contributed by atoms with Crippen molar-refractivity contribution in [3.05, 3.63) is 94.6 Å². The fourth-order valence-corrected chi connectivity index (χ4v) is 5.77. The molecule has 1 N–H and O–H groups in total. The summed E-state index contributed by atoms with van der Waals surface area (Å²) in [4.78, 5) is 25.0. The Labute approximate surface area is 271 Å². The van der Waals surface area contributed by atoms with Crippen LogP contribution >= 0.6 is 11.6 Å². The Morgan fingerprint density at radius 2 is 1.58 bits per heavy atom. The maximum Gasteiger partial charge on any atom is 0.412 e. The number of carbonyl (C=O) groups is 2. The van der Waals surface area contributed by atoms with E-state index in [4.69, 9.17) is 30.9 Å². The van der Waals surface area contributed by atoms with E-state index in [2.05, 4.69) is 25.0 Å². The topological polar surface area (TPSA) is 91.7 Å². The first-order valence-corrected chi connectivity index (χ1v) is 19.3. The average Bonchev–Trinajstić information content (AvgIpc) is 3.30. The number of amides is 1. The van der Waals surface area contributed by atoms with Crippen LogP contribution in [0.3, 0.4) is 0 Å². The third-order valence-corrected chi connectivity index (χ3v) is 9.42. The number of carbonyl (C=O) groups excluding carboxylic acids is 2. The molecule has 0 aliphatic heterocycles. The molecule has 1 aromatic heterocycles. The molecule has 0 radical (unpaired) electrons. The van der Waals surface area contributed by atoms with Crippen LogP contribution in [0.25, 0.3) is 22.4 Å². The van der Waals surface area contributed by atoms with Crippen molar-refractivity contribution in [2.24, 2.45) is 0 Å². The molecule has 238 valence electrons. The summed E-state index contributed by atoms with van der Waals surface area (Å²) in [5.41, 5.74) is 6.39. The van der Waals surface area contributed by atoms with Gasteiger partial charge in [-0.2, -0.15) is 5.10 Å². The van der Waals surface area contributed by atoms with Gasteiger partial charge in [-0.25, -0.2) is 9.48 Å². The number of hydrogen-bond donors (Lipinski definition) is 1. The highest BCUT2D eigenvalue weighted by Crippen LogP contribution is 2.33. The van der Waals surface area contributed by atoms with Crippen LogP contribution in [0.4, 0.5) is 10.5 Å². The molecule has 0 aliphatic rings. The molecule has 0 spiro atoms. The second-order valence-corrected chi connectivity index (χ2v) is 18.1. The molecule has 4 aromatic rings. The minimum absolute atomic E-state index is 0.239. The zero-order chi connectivity index (χ0) is 32.6. The number of hydrogen-bond acceptors (Lipinski definition) is 6. The van der Waals surface area contributed by atoms with Gasteiger partial charge in [-0.1, -0.05) is 98.0 Å². The van der Waals surface area contributed by atoms with E-state index in [1.807, 2.05) is 73.7 Å². The van der Waals surface area contributed by atoms with Crippen LogP contribution in [0.5, 0.6) is 0 Å². The smallest absolute Gasteiger partial charge is 0.412 e. The third-order valence-electron chi connectivity index (χ3n) is 7.37. The van der Waals surface area contributed by atoms with Crippen LogP contribution in [0.1, 0.15) is 36.8 Å². The van der Waals surface area contributed by atoms with Crippen LogP contribution in [-0.2, 0) is 32.2 Å². The molecule has 0 aliphatic carbocycles. The molecule has 0 saturated carbocycles. The summed E-state index contributed by atoms with van der Waals surface area (Å²) in [6.07, 6.45) is -0.914. The van der Waals surface area contributed by atoms with E-state index in [1.54, 1.807) is 24.6 Å². The lowest BCUT2D eigenvalue weighted by molar-refractivity contribution is -0.142. The molecule has 0 unspecified atom stereocenters. The van der Waals surface area contributed by atoms with Crippen LogP contribution < -0.4 is 5.32 Å². The molecular weight excluding hydrogens is 606 g/mol. The Kier molecular flexibility index (Phi) is 11.6. The summed E-state index contributed by atoms with van der Waals surface area (Å²) in [7, 11) is -1.24. The third kappa shape index (κ3) is 9.53. The first-order chi connectivity index (χ1) is 21.4. The van der Waals surface area contributed by atoms with E-state index in [0.717, 1.165) is 39.6 Å². The van der Waals surface area contributed by atoms with Gasteiger partial charge in [0.15, 0.2) is 0 Å². The van der Waals surface area contributed by atoms with Gasteiger partial charge in [0, 0.05) is 30.8 Å². The van der Waals surface area contributed by atoms with Crippen molar-refractivity contribution in [2.75, 3.05) is 18.5 Å². The highest BCUT2D eigenvalue weighted by atomic mass is 35.5. The van der Waals surface area contributed by atoms with Crippen LogP contribution in [0.2, 0.25) is 30.7 Å². The fourth-order valence-electron chi connectivity index (χ4n) is 4.73. The lowest BCUT2D eigenvalue weighted by Crippen LogP contribution is -2.22. The lowest BCUT2D eigenvalue weighted by atomic mass is 10.0. The molecule has 1 heterocycles. The first kappa shape index (κ1) is 34.0. The molecule has 0 bridgehead atoms. The monoisotopic (exact) mass is 647 g/mol. The van der Waals surface area contributed by atoms with Gasteiger partial charge in [-0.3, -0.25) is 10.1 Å². The predicted molar refractivity (Wildman–Crippen MR) is 182 cm³/mol. The van der Waals surface area contributed by atoms with Crippen molar-refractivity contribution in [3.8, 4) is 22.4 Å². The molecule has 1 amide bonds. The molecule has 3 aromatic carbocycles. The molecule has 0 fully saturated rings. The molecule has 45 heavy (non-hydrogen) atoms. The Hall–Kier alpha value is -3.92. The molecule has 8 nitrogen and oxygen atoms in total. The van der Waals surface area contributed by atoms with Crippen molar-refractivity contribution >= 4 is 37.4 Å². The predicted octanol–water partition coefficient (Wildman–Crippen LogP) is 8.91.